The third-order valence-electron chi connectivity index (χ3n) is 5.02. The van der Waals surface area contributed by atoms with E-state index in [1.165, 1.54) is 37.7 Å². The molecule has 1 N–H and O–H groups in total. The molecule has 3 rings (SSSR count). The minimum atomic E-state index is 0.254. The average Bonchev–Trinajstić information content (AvgIpc) is 3.08. The molecule has 2 heterocycles. The highest BCUT2D eigenvalue weighted by molar-refractivity contribution is 5.21. The Morgan fingerprint density at radius 3 is 2.76 bits per heavy atom. The third-order valence-corrected chi connectivity index (χ3v) is 5.02. The van der Waals surface area contributed by atoms with Crippen LogP contribution < -0.4 is 5.32 Å². The Kier molecular flexibility index (Phi) is 4.90. The predicted octanol–water partition coefficient (Wildman–Crippen LogP) is 3.25. The molecular formula is C18H25N3. The normalized spacial score (nSPS) is 28.1. The van der Waals surface area contributed by atoms with E-state index in [-0.39, 0.29) is 6.04 Å². The van der Waals surface area contributed by atoms with Crippen LogP contribution in [0.4, 0.5) is 0 Å². The molecule has 0 saturated carbocycles. The molecule has 0 radical (unpaired) electrons. The third kappa shape index (κ3) is 3.28. The second kappa shape index (κ2) is 7.06. The summed E-state index contributed by atoms with van der Waals surface area (Å²) in [6.45, 7) is 2.29. The maximum atomic E-state index is 9.29. The monoisotopic (exact) mass is 283 g/mol. The Labute approximate surface area is 128 Å². The molecule has 2 saturated heterocycles. The van der Waals surface area contributed by atoms with Crippen molar-refractivity contribution in [1.82, 2.24) is 10.2 Å². The lowest BCUT2D eigenvalue weighted by Crippen LogP contribution is -2.51. The highest BCUT2D eigenvalue weighted by Crippen LogP contribution is 2.33. The summed E-state index contributed by atoms with van der Waals surface area (Å²) in [5.74, 6) is 0. The molecule has 1 aromatic rings. The summed E-state index contributed by atoms with van der Waals surface area (Å²) in [5.41, 5.74) is 1.30. The van der Waals surface area contributed by atoms with Gasteiger partial charge in [-0.25, -0.2) is 0 Å². The molecule has 0 aliphatic carbocycles. The Hall–Kier alpha value is -1.37. The molecule has 0 amide bonds. The summed E-state index contributed by atoms with van der Waals surface area (Å²) in [5, 5.41) is 13.0. The number of rotatable bonds is 4. The van der Waals surface area contributed by atoms with Crippen molar-refractivity contribution < 1.29 is 0 Å². The first-order chi connectivity index (χ1) is 10.4. The van der Waals surface area contributed by atoms with Crippen molar-refractivity contribution in [1.29, 1.82) is 5.26 Å². The van der Waals surface area contributed by atoms with Crippen molar-refractivity contribution in [2.24, 2.45) is 0 Å². The van der Waals surface area contributed by atoms with Crippen molar-refractivity contribution in [2.75, 3.05) is 13.1 Å². The summed E-state index contributed by atoms with van der Waals surface area (Å²) in [6.07, 6.45) is 7.03. The van der Waals surface area contributed by atoms with Crippen LogP contribution >= 0.6 is 0 Å². The van der Waals surface area contributed by atoms with Gasteiger partial charge in [0.1, 0.15) is 0 Å². The maximum absolute atomic E-state index is 9.29. The van der Waals surface area contributed by atoms with Crippen LogP contribution in [-0.4, -0.2) is 30.1 Å². The molecule has 0 bridgehead atoms. The fraction of sp³-hybridized carbons (Fsp3) is 0.611. The molecule has 0 aromatic heterocycles. The number of nitrogens with one attached hydrogen (secondary N) is 1. The minimum Gasteiger partial charge on any atom is -0.312 e. The van der Waals surface area contributed by atoms with Crippen LogP contribution in [-0.2, 0) is 0 Å². The van der Waals surface area contributed by atoms with E-state index in [1.807, 2.05) is 0 Å². The van der Waals surface area contributed by atoms with Crippen LogP contribution in [0.3, 0.4) is 0 Å². The van der Waals surface area contributed by atoms with Gasteiger partial charge in [0.05, 0.1) is 12.5 Å². The molecular weight excluding hydrogens is 258 g/mol. The number of likely N-dealkylation sites (tertiary alicyclic amines) is 1. The number of hydrogen-bond donors (Lipinski definition) is 1. The average molecular weight is 283 g/mol. The first kappa shape index (κ1) is 14.6. The quantitative estimate of drug-likeness (QED) is 0.922. The Morgan fingerprint density at radius 2 is 2.05 bits per heavy atom. The van der Waals surface area contributed by atoms with E-state index in [9.17, 15) is 5.26 Å². The lowest BCUT2D eigenvalue weighted by Gasteiger charge is -2.43. The van der Waals surface area contributed by atoms with E-state index in [4.69, 9.17) is 0 Å². The smallest absolute Gasteiger partial charge is 0.0641 e. The van der Waals surface area contributed by atoms with Crippen LogP contribution in [0.2, 0.25) is 0 Å². The van der Waals surface area contributed by atoms with Crippen molar-refractivity contribution >= 4 is 0 Å². The van der Waals surface area contributed by atoms with E-state index in [1.54, 1.807) is 0 Å². The van der Waals surface area contributed by atoms with Crippen LogP contribution in [0.15, 0.2) is 30.3 Å². The van der Waals surface area contributed by atoms with E-state index in [0.29, 0.717) is 18.5 Å². The lowest BCUT2D eigenvalue weighted by molar-refractivity contribution is 0.0740. The van der Waals surface area contributed by atoms with E-state index in [0.717, 1.165) is 13.1 Å². The summed E-state index contributed by atoms with van der Waals surface area (Å²) >= 11 is 0. The lowest BCUT2D eigenvalue weighted by atomic mass is 9.90. The molecule has 21 heavy (non-hydrogen) atoms. The maximum Gasteiger partial charge on any atom is 0.0641 e. The zero-order valence-electron chi connectivity index (χ0n) is 12.7. The number of nitrogens with zero attached hydrogens (tertiary/aromatic N) is 2. The fourth-order valence-electron chi connectivity index (χ4n) is 4.03. The van der Waals surface area contributed by atoms with Gasteiger partial charge in [0, 0.05) is 18.1 Å². The molecule has 2 aliphatic rings. The van der Waals surface area contributed by atoms with Gasteiger partial charge in [-0.2, -0.15) is 5.26 Å². The minimum absolute atomic E-state index is 0.254. The van der Waals surface area contributed by atoms with Crippen LogP contribution in [0.1, 0.15) is 50.1 Å². The zero-order valence-corrected chi connectivity index (χ0v) is 12.7. The summed E-state index contributed by atoms with van der Waals surface area (Å²) in [7, 11) is 0. The van der Waals surface area contributed by atoms with Crippen molar-refractivity contribution in [2.45, 2.75) is 56.7 Å². The first-order valence-electron chi connectivity index (χ1n) is 8.31. The second-order valence-electron chi connectivity index (χ2n) is 6.29. The molecule has 3 unspecified atom stereocenters. The van der Waals surface area contributed by atoms with Gasteiger partial charge in [-0.15, -0.1) is 0 Å². The van der Waals surface area contributed by atoms with Crippen LogP contribution in [0.25, 0.3) is 0 Å². The van der Waals surface area contributed by atoms with E-state index < -0.39 is 0 Å². The van der Waals surface area contributed by atoms with Gasteiger partial charge in [0.2, 0.25) is 0 Å². The molecule has 112 valence electrons. The molecule has 3 atom stereocenters. The van der Waals surface area contributed by atoms with Crippen molar-refractivity contribution in [3.05, 3.63) is 35.9 Å². The Balaban J connectivity index is 1.83. The SMILES string of the molecule is N#CCC(c1ccccc1)N1CCCCC1C1CCCN1. The van der Waals surface area contributed by atoms with Crippen LogP contribution in [0.5, 0.6) is 0 Å². The number of hydrogen-bond acceptors (Lipinski definition) is 3. The first-order valence-corrected chi connectivity index (χ1v) is 8.31. The standard InChI is InChI=1S/C18H25N3/c19-12-11-17(15-7-2-1-3-8-15)21-14-5-4-10-18(21)16-9-6-13-20-16/h1-3,7-8,16-18,20H,4-6,9-11,13-14H2. The van der Waals surface area contributed by atoms with Gasteiger partial charge in [0.15, 0.2) is 0 Å². The summed E-state index contributed by atoms with van der Waals surface area (Å²) in [6, 6.07) is 14.5. The Morgan fingerprint density at radius 1 is 1.19 bits per heavy atom. The van der Waals surface area contributed by atoms with E-state index in [2.05, 4.69) is 46.6 Å². The number of nitriles is 1. The topological polar surface area (TPSA) is 39.1 Å². The van der Waals surface area contributed by atoms with Gasteiger partial charge < -0.3 is 5.32 Å². The molecule has 0 spiro atoms. The van der Waals surface area contributed by atoms with Gasteiger partial charge in [-0.1, -0.05) is 36.8 Å². The van der Waals surface area contributed by atoms with Gasteiger partial charge in [0.25, 0.3) is 0 Å². The van der Waals surface area contributed by atoms with Crippen molar-refractivity contribution in [3.63, 3.8) is 0 Å². The van der Waals surface area contributed by atoms with E-state index >= 15 is 0 Å². The highest BCUT2D eigenvalue weighted by Gasteiger charge is 2.35. The van der Waals surface area contributed by atoms with Crippen LogP contribution in [0, 0.1) is 11.3 Å². The Bertz CT molecular complexity index is 473. The molecule has 2 fully saturated rings. The molecule has 1 aromatic carbocycles. The number of piperidine rings is 1. The largest absolute Gasteiger partial charge is 0.312 e. The van der Waals surface area contributed by atoms with Crippen molar-refractivity contribution in [3.8, 4) is 6.07 Å². The van der Waals surface area contributed by atoms with Gasteiger partial charge in [-0.3, -0.25) is 4.90 Å². The predicted molar refractivity (Wildman–Crippen MR) is 84.8 cm³/mol. The molecule has 2 aliphatic heterocycles. The van der Waals surface area contributed by atoms with Gasteiger partial charge in [-0.05, 0) is 44.3 Å². The molecule has 3 heteroatoms. The highest BCUT2D eigenvalue weighted by atomic mass is 15.2. The summed E-state index contributed by atoms with van der Waals surface area (Å²) in [4.78, 5) is 2.62. The number of benzene rings is 1. The van der Waals surface area contributed by atoms with Gasteiger partial charge >= 0.3 is 0 Å². The fourth-order valence-corrected chi connectivity index (χ4v) is 4.03. The zero-order chi connectivity index (χ0) is 14.5. The molecule has 3 nitrogen and oxygen atoms in total. The second-order valence-corrected chi connectivity index (χ2v) is 6.29. The summed E-state index contributed by atoms with van der Waals surface area (Å²) < 4.78 is 0.